The summed E-state index contributed by atoms with van der Waals surface area (Å²) in [5, 5.41) is 13.4. The van der Waals surface area contributed by atoms with Crippen molar-refractivity contribution in [3.63, 3.8) is 0 Å². The van der Waals surface area contributed by atoms with Crippen molar-refractivity contribution in [2.24, 2.45) is 0 Å². The Kier molecular flexibility index (Phi) is 3.61. The summed E-state index contributed by atoms with van der Waals surface area (Å²) < 4.78 is 1.97. The molecule has 0 saturated heterocycles. The van der Waals surface area contributed by atoms with Gasteiger partial charge in [-0.3, -0.25) is 9.38 Å². The van der Waals surface area contributed by atoms with Gasteiger partial charge < -0.3 is 10.4 Å². The molecule has 0 amide bonds. The standard InChI is InChI=1S/C20H18N4O/c1-13-5-3-8-17(14(13)2)22-20-19(15-6-4-7-16(25)11-15)23-18-12-21-9-10-24(18)20/h3-12,22,25H,1-2H3. The van der Waals surface area contributed by atoms with Crippen LogP contribution in [0.4, 0.5) is 11.5 Å². The molecule has 2 aromatic carbocycles. The Morgan fingerprint density at radius 2 is 1.92 bits per heavy atom. The maximum absolute atomic E-state index is 9.84. The van der Waals surface area contributed by atoms with Crippen LogP contribution in [0.3, 0.4) is 0 Å². The Hall–Kier alpha value is -3.34. The highest BCUT2D eigenvalue weighted by atomic mass is 16.3. The number of benzene rings is 2. The minimum Gasteiger partial charge on any atom is -0.508 e. The monoisotopic (exact) mass is 330 g/mol. The van der Waals surface area contributed by atoms with Crippen molar-refractivity contribution in [3.8, 4) is 17.0 Å². The number of imidazole rings is 1. The topological polar surface area (TPSA) is 62.5 Å². The normalized spacial score (nSPS) is 11.0. The van der Waals surface area contributed by atoms with Crippen LogP contribution in [0.1, 0.15) is 11.1 Å². The molecule has 0 atom stereocenters. The largest absolute Gasteiger partial charge is 0.508 e. The Morgan fingerprint density at radius 3 is 2.76 bits per heavy atom. The molecule has 0 unspecified atom stereocenters. The van der Waals surface area contributed by atoms with Gasteiger partial charge >= 0.3 is 0 Å². The first-order valence-electron chi connectivity index (χ1n) is 8.08. The highest BCUT2D eigenvalue weighted by molar-refractivity contribution is 5.80. The van der Waals surface area contributed by atoms with Crippen LogP contribution in [0.15, 0.2) is 61.1 Å². The van der Waals surface area contributed by atoms with Gasteiger partial charge in [0.25, 0.3) is 0 Å². The van der Waals surface area contributed by atoms with Crippen LogP contribution >= 0.6 is 0 Å². The van der Waals surface area contributed by atoms with E-state index in [1.165, 1.54) is 11.1 Å². The quantitative estimate of drug-likeness (QED) is 0.582. The van der Waals surface area contributed by atoms with Gasteiger partial charge in [-0.15, -0.1) is 0 Å². The van der Waals surface area contributed by atoms with Crippen LogP contribution in [0.2, 0.25) is 0 Å². The minimum absolute atomic E-state index is 0.213. The number of anilines is 2. The fourth-order valence-corrected chi connectivity index (χ4v) is 2.89. The van der Waals surface area contributed by atoms with Crippen molar-refractivity contribution in [2.45, 2.75) is 13.8 Å². The van der Waals surface area contributed by atoms with Crippen LogP contribution in [-0.2, 0) is 0 Å². The van der Waals surface area contributed by atoms with E-state index in [-0.39, 0.29) is 5.75 Å². The lowest BCUT2D eigenvalue weighted by Gasteiger charge is -2.13. The number of fused-ring (bicyclic) bond motifs is 1. The average Bonchev–Trinajstić information content (AvgIpc) is 2.98. The first-order chi connectivity index (χ1) is 12.1. The summed E-state index contributed by atoms with van der Waals surface area (Å²) in [5.41, 5.74) is 5.79. The van der Waals surface area contributed by atoms with E-state index in [1.807, 2.05) is 28.8 Å². The number of aromatic nitrogens is 3. The number of hydrogen-bond donors (Lipinski definition) is 2. The first kappa shape index (κ1) is 15.2. The summed E-state index contributed by atoms with van der Waals surface area (Å²) in [6, 6.07) is 13.3. The Bertz CT molecular complexity index is 1070. The second-order valence-electron chi connectivity index (χ2n) is 6.04. The number of nitrogens with zero attached hydrogens (tertiary/aromatic N) is 3. The van der Waals surface area contributed by atoms with Crippen molar-refractivity contribution >= 4 is 17.2 Å². The minimum atomic E-state index is 0.213. The fraction of sp³-hybridized carbons (Fsp3) is 0.100. The van der Waals surface area contributed by atoms with Crippen molar-refractivity contribution in [3.05, 3.63) is 72.2 Å². The summed E-state index contributed by atoms with van der Waals surface area (Å²) in [7, 11) is 0. The molecule has 25 heavy (non-hydrogen) atoms. The van der Waals surface area contributed by atoms with E-state index in [0.29, 0.717) is 0 Å². The number of hydrogen-bond acceptors (Lipinski definition) is 4. The molecule has 0 bridgehead atoms. The van der Waals surface area contributed by atoms with Crippen molar-refractivity contribution in [1.29, 1.82) is 0 Å². The molecule has 0 aliphatic carbocycles. The molecule has 5 nitrogen and oxygen atoms in total. The Labute approximate surface area is 145 Å². The molecule has 0 aliphatic rings. The highest BCUT2D eigenvalue weighted by Gasteiger charge is 2.15. The maximum Gasteiger partial charge on any atom is 0.157 e. The summed E-state index contributed by atoms with van der Waals surface area (Å²) in [6.07, 6.45) is 5.33. The number of phenols is 1. The van der Waals surface area contributed by atoms with Crippen molar-refractivity contribution in [2.75, 3.05) is 5.32 Å². The van der Waals surface area contributed by atoms with Crippen LogP contribution in [0.25, 0.3) is 16.9 Å². The zero-order valence-electron chi connectivity index (χ0n) is 14.1. The van der Waals surface area contributed by atoms with Crippen LogP contribution < -0.4 is 5.32 Å². The van der Waals surface area contributed by atoms with E-state index >= 15 is 0 Å². The number of aryl methyl sites for hydroxylation is 1. The molecule has 2 N–H and O–H groups in total. The predicted octanol–water partition coefficient (Wildman–Crippen LogP) is 4.46. The third kappa shape index (κ3) is 2.70. The van der Waals surface area contributed by atoms with Gasteiger partial charge in [0.15, 0.2) is 5.65 Å². The van der Waals surface area contributed by atoms with E-state index in [0.717, 1.165) is 28.4 Å². The molecule has 4 aromatic rings. The zero-order chi connectivity index (χ0) is 17.4. The summed E-state index contributed by atoms with van der Waals surface area (Å²) in [5.74, 6) is 1.06. The van der Waals surface area contributed by atoms with Gasteiger partial charge in [-0.2, -0.15) is 0 Å². The summed E-state index contributed by atoms with van der Waals surface area (Å²) >= 11 is 0. The van der Waals surface area contributed by atoms with Gasteiger partial charge in [0.05, 0.1) is 6.20 Å². The number of aromatic hydroxyl groups is 1. The number of phenolic OH excluding ortho intramolecular Hbond substituents is 1. The zero-order valence-corrected chi connectivity index (χ0v) is 14.1. The van der Waals surface area contributed by atoms with Gasteiger partial charge in [0, 0.05) is 23.6 Å². The molecular formula is C20H18N4O. The van der Waals surface area contributed by atoms with Crippen LogP contribution in [0, 0.1) is 13.8 Å². The van der Waals surface area contributed by atoms with Gasteiger partial charge in [-0.1, -0.05) is 24.3 Å². The molecule has 2 aromatic heterocycles. The third-order valence-electron chi connectivity index (χ3n) is 4.41. The predicted molar refractivity (Wildman–Crippen MR) is 99.3 cm³/mol. The Morgan fingerprint density at radius 1 is 1.08 bits per heavy atom. The smallest absolute Gasteiger partial charge is 0.157 e. The molecule has 0 fully saturated rings. The number of nitrogens with one attached hydrogen (secondary N) is 1. The van der Waals surface area contributed by atoms with Crippen molar-refractivity contribution < 1.29 is 5.11 Å². The molecule has 124 valence electrons. The third-order valence-corrected chi connectivity index (χ3v) is 4.41. The highest BCUT2D eigenvalue weighted by Crippen LogP contribution is 2.33. The van der Waals surface area contributed by atoms with Crippen LogP contribution in [0.5, 0.6) is 5.75 Å². The summed E-state index contributed by atoms with van der Waals surface area (Å²) in [4.78, 5) is 8.86. The van der Waals surface area contributed by atoms with Gasteiger partial charge in [0.2, 0.25) is 0 Å². The number of rotatable bonds is 3. The lowest BCUT2D eigenvalue weighted by Crippen LogP contribution is -1.99. The molecule has 0 spiro atoms. The van der Waals surface area contributed by atoms with E-state index in [9.17, 15) is 5.11 Å². The molecule has 0 saturated carbocycles. The van der Waals surface area contributed by atoms with E-state index < -0.39 is 0 Å². The van der Waals surface area contributed by atoms with Crippen LogP contribution in [-0.4, -0.2) is 19.5 Å². The Balaban J connectivity index is 1.92. The molecule has 0 aliphatic heterocycles. The van der Waals surface area contributed by atoms with Gasteiger partial charge in [0.1, 0.15) is 17.3 Å². The SMILES string of the molecule is Cc1cccc(Nc2c(-c3cccc(O)c3)nc3cnccn23)c1C. The average molecular weight is 330 g/mol. The molecule has 4 rings (SSSR count). The summed E-state index contributed by atoms with van der Waals surface area (Å²) in [6.45, 7) is 4.19. The second-order valence-corrected chi connectivity index (χ2v) is 6.04. The van der Waals surface area contributed by atoms with Crippen molar-refractivity contribution in [1.82, 2.24) is 14.4 Å². The molecular weight excluding hydrogens is 312 g/mol. The van der Waals surface area contributed by atoms with E-state index in [4.69, 9.17) is 4.98 Å². The van der Waals surface area contributed by atoms with E-state index in [1.54, 1.807) is 24.5 Å². The maximum atomic E-state index is 9.84. The van der Waals surface area contributed by atoms with Gasteiger partial charge in [-0.25, -0.2) is 4.98 Å². The lowest BCUT2D eigenvalue weighted by atomic mass is 10.1. The first-order valence-corrected chi connectivity index (χ1v) is 8.08. The van der Waals surface area contributed by atoms with Gasteiger partial charge in [-0.05, 0) is 43.2 Å². The second kappa shape index (κ2) is 5.94. The molecule has 5 heteroatoms. The fourth-order valence-electron chi connectivity index (χ4n) is 2.89. The molecule has 0 radical (unpaired) electrons. The van der Waals surface area contributed by atoms with E-state index in [2.05, 4.69) is 36.3 Å². The lowest BCUT2D eigenvalue weighted by molar-refractivity contribution is 0.475. The molecule has 2 heterocycles.